The summed E-state index contributed by atoms with van der Waals surface area (Å²) in [5.74, 6) is -0.924. The number of carbonyl (C=O) groups excluding carboxylic acids is 1. The SMILES string of the molecule is C[C@H]1CC[C@H](NC(=O)c2cnc3cc(F)cc(F)c3c2)CC1. The average Bonchev–Trinajstić information content (AvgIpc) is 2.49. The quantitative estimate of drug-likeness (QED) is 0.916. The lowest BCUT2D eigenvalue weighted by atomic mass is 9.87. The third kappa shape index (κ3) is 3.08. The van der Waals surface area contributed by atoms with Gasteiger partial charge in [-0.2, -0.15) is 0 Å². The lowest BCUT2D eigenvalue weighted by molar-refractivity contribution is 0.0923. The number of pyridine rings is 1. The fourth-order valence-corrected chi connectivity index (χ4v) is 2.95. The molecule has 0 radical (unpaired) electrons. The van der Waals surface area contributed by atoms with E-state index in [1.807, 2.05) is 0 Å². The Balaban J connectivity index is 1.79. The van der Waals surface area contributed by atoms with Gasteiger partial charge in [-0.15, -0.1) is 0 Å². The molecule has 2 aromatic rings. The molecule has 3 nitrogen and oxygen atoms in total. The summed E-state index contributed by atoms with van der Waals surface area (Å²) >= 11 is 0. The molecule has 3 rings (SSSR count). The van der Waals surface area contributed by atoms with Gasteiger partial charge < -0.3 is 5.32 Å². The molecule has 1 heterocycles. The van der Waals surface area contributed by atoms with Gasteiger partial charge in [0.15, 0.2) is 0 Å². The molecule has 22 heavy (non-hydrogen) atoms. The van der Waals surface area contributed by atoms with Crippen LogP contribution in [0.25, 0.3) is 10.9 Å². The van der Waals surface area contributed by atoms with Gasteiger partial charge in [-0.05, 0) is 37.7 Å². The summed E-state index contributed by atoms with van der Waals surface area (Å²) in [5.41, 5.74) is 0.511. The van der Waals surface area contributed by atoms with Crippen molar-refractivity contribution < 1.29 is 13.6 Å². The first-order valence-corrected chi connectivity index (χ1v) is 7.58. The van der Waals surface area contributed by atoms with Crippen molar-refractivity contribution in [2.45, 2.75) is 38.6 Å². The maximum absolute atomic E-state index is 13.8. The molecule has 0 bridgehead atoms. The number of hydrogen-bond donors (Lipinski definition) is 1. The monoisotopic (exact) mass is 304 g/mol. The van der Waals surface area contributed by atoms with Crippen LogP contribution in [0, 0.1) is 17.6 Å². The molecule has 1 aromatic carbocycles. The van der Waals surface area contributed by atoms with Crippen molar-refractivity contribution in [3.8, 4) is 0 Å². The van der Waals surface area contributed by atoms with E-state index in [1.165, 1.54) is 12.3 Å². The van der Waals surface area contributed by atoms with Gasteiger partial charge in [-0.25, -0.2) is 8.78 Å². The van der Waals surface area contributed by atoms with E-state index in [0.717, 1.165) is 37.8 Å². The van der Waals surface area contributed by atoms with Crippen LogP contribution in [-0.2, 0) is 0 Å². The summed E-state index contributed by atoms with van der Waals surface area (Å²) in [6.45, 7) is 2.22. The van der Waals surface area contributed by atoms with Crippen LogP contribution in [-0.4, -0.2) is 16.9 Å². The first-order valence-electron chi connectivity index (χ1n) is 7.58. The molecule has 0 unspecified atom stereocenters. The Hall–Kier alpha value is -2.04. The highest BCUT2D eigenvalue weighted by Gasteiger charge is 2.20. The minimum Gasteiger partial charge on any atom is -0.349 e. The average molecular weight is 304 g/mol. The molecule has 1 amide bonds. The highest BCUT2D eigenvalue weighted by molar-refractivity contribution is 5.97. The lowest BCUT2D eigenvalue weighted by Crippen LogP contribution is -2.37. The van der Waals surface area contributed by atoms with Gasteiger partial charge in [0.05, 0.1) is 11.1 Å². The van der Waals surface area contributed by atoms with Gasteiger partial charge in [0.25, 0.3) is 5.91 Å². The second-order valence-corrected chi connectivity index (χ2v) is 6.11. The number of rotatable bonds is 2. The summed E-state index contributed by atoms with van der Waals surface area (Å²) in [6.07, 6.45) is 5.51. The Kier molecular flexibility index (Phi) is 4.05. The second kappa shape index (κ2) is 5.99. The topological polar surface area (TPSA) is 42.0 Å². The summed E-state index contributed by atoms with van der Waals surface area (Å²) in [7, 11) is 0. The molecule has 0 aliphatic heterocycles. The summed E-state index contributed by atoms with van der Waals surface area (Å²) in [6, 6.07) is 3.55. The predicted octanol–water partition coefficient (Wildman–Crippen LogP) is 3.82. The summed E-state index contributed by atoms with van der Waals surface area (Å²) in [5, 5.41) is 3.13. The number of fused-ring (bicyclic) bond motifs is 1. The fourth-order valence-electron chi connectivity index (χ4n) is 2.95. The Bertz CT molecular complexity index is 709. The van der Waals surface area contributed by atoms with Crippen LogP contribution in [0.2, 0.25) is 0 Å². The number of benzene rings is 1. The second-order valence-electron chi connectivity index (χ2n) is 6.11. The van der Waals surface area contributed by atoms with Gasteiger partial charge in [0.1, 0.15) is 11.6 Å². The molecule has 0 saturated heterocycles. The standard InChI is InChI=1S/C17H18F2N2O/c1-10-2-4-13(5-3-10)21-17(22)11-6-14-15(19)7-12(18)8-16(14)20-9-11/h6-10,13H,2-5H2,1H3,(H,21,22)/t10-,13-. The van der Waals surface area contributed by atoms with E-state index < -0.39 is 11.6 Å². The first kappa shape index (κ1) is 14.9. The fraction of sp³-hybridized carbons (Fsp3) is 0.412. The van der Waals surface area contributed by atoms with Crippen molar-refractivity contribution in [2.24, 2.45) is 5.92 Å². The Morgan fingerprint density at radius 1 is 1.18 bits per heavy atom. The zero-order valence-electron chi connectivity index (χ0n) is 12.4. The number of nitrogens with one attached hydrogen (secondary N) is 1. The van der Waals surface area contributed by atoms with Gasteiger partial charge in [0.2, 0.25) is 0 Å². The van der Waals surface area contributed by atoms with Gasteiger partial charge in [0, 0.05) is 29.8 Å². The molecule has 1 saturated carbocycles. The number of hydrogen-bond acceptors (Lipinski definition) is 2. The molecule has 1 aromatic heterocycles. The molecule has 1 aliphatic carbocycles. The summed E-state index contributed by atoms with van der Waals surface area (Å²) < 4.78 is 26.9. The maximum Gasteiger partial charge on any atom is 0.253 e. The van der Waals surface area contributed by atoms with E-state index in [-0.39, 0.29) is 22.9 Å². The van der Waals surface area contributed by atoms with Crippen LogP contribution >= 0.6 is 0 Å². The van der Waals surface area contributed by atoms with Crippen LogP contribution in [0.1, 0.15) is 43.0 Å². The zero-order valence-corrected chi connectivity index (χ0v) is 12.4. The van der Waals surface area contributed by atoms with Crippen LogP contribution in [0.15, 0.2) is 24.4 Å². The molecule has 0 atom stereocenters. The number of carbonyl (C=O) groups is 1. The smallest absolute Gasteiger partial charge is 0.253 e. The van der Waals surface area contributed by atoms with E-state index in [9.17, 15) is 13.6 Å². The van der Waals surface area contributed by atoms with E-state index >= 15 is 0 Å². The van der Waals surface area contributed by atoms with Crippen LogP contribution in [0.3, 0.4) is 0 Å². The zero-order chi connectivity index (χ0) is 15.7. The lowest BCUT2D eigenvalue weighted by Gasteiger charge is -2.26. The van der Waals surface area contributed by atoms with Gasteiger partial charge in [-0.1, -0.05) is 6.92 Å². The van der Waals surface area contributed by atoms with Gasteiger partial charge in [-0.3, -0.25) is 9.78 Å². The predicted molar refractivity (Wildman–Crippen MR) is 80.5 cm³/mol. The Morgan fingerprint density at radius 2 is 1.91 bits per heavy atom. The Labute approximate surface area is 127 Å². The van der Waals surface area contributed by atoms with E-state index in [2.05, 4.69) is 17.2 Å². The van der Waals surface area contributed by atoms with Crippen molar-refractivity contribution in [1.29, 1.82) is 0 Å². The first-order chi connectivity index (χ1) is 10.5. The minimum atomic E-state index is -0.705. The Morgan fingerprint density at radius 3 is 2.64 bits per heavy atom. The molecule has 1 N–H and O–H groups in total. The van der Waals surface area contributed by atoms with Crippen molar-refractivity contribution in [1.82, 2.24) is 10.3 Å². The number of amides is 1. The molecule has 5 heteroatoms. The normalized spacial score (nSPS) is 21.8. The van der Waals surface area contributed by atoms with Crippen LogP contribution in [0.4, 0.5) is 8.78 Å². The van der Waals surface area contributed by atoms with Crippen molar-refractivity contribution >= 4 is 16.8 Å². The third-order valence-electron chi connectivity index (χ3n) is 4.33. The number of nitrogens with zero attached hydrogens (tertiary/aromatic N) is 1. The van der Waals surface area contributed by atoms with Gasteiger partial charge >= 0.3 is 0 Å². The third-order valence-corrected chi connectivity index (χ3v) is 4.33. The molecule has 1 fully saturated rings. The highest BCUT2D eigenvalue weighted by atomic mass is 19.1. The molecule has 116 valence electrons. The van der Waals surface area contributed by atoms with Crippen LogP contribution in [0.5, 0.6) is 0 Å². The maximum atomic E-state index is 13.8. The highest BCUT2D eigenvalue weighted by Crippen LogP contribution is 2.24. The van der Waals surface area contributed by atoms with Crippen molar-refractivity contribution in [3.63, 3.8) is 0 Å². The largest absolute Gasteiger partial charge is 0.349 e. The van der Waals surface area contributed by atoms with Crippen molar-refractivity contribution in [3.05, 3.63) is 41.6 Å². The van der Waals surface area contributed by atoms with Crippen molar-refractivity contribution in [2.75, 3.05) is 0 Å². The molecule has 1 aliphatic rings. The number of halogens is 2. The van der Waals surface area contributed by atoms with E-state index in [1.54, 1.807) is 0 Å². The van der Waals surface area contributed by atoms with E-state index in [0.29, 0.717) is 11.5 Å². The van der Waals surface area contributed by atoms with E-state index in [4.69, 9.17) is 0 Å². The molecule has 0 spiro atoms. The minimum absolute atomic E-state index is 0.159. The number of aromatic nitrogens is 1. The summed E-state index contributed by atoms with van der Waals surface area (Å²) in [4.78, 5) is 16.3. The van der Waals surface area contributed by atoms with Crippen LogP contribution < -0.4 is 5.32 Å². The molecular formula is C17H18F2N2O. The molecular weight excluding hydrogens is 286 g/mol.